The minimum atomic E-state index is -4.80. The van der Waals surface area contributed by atoms with Crippen molar-refractivity contribution in [3.63, 3.8) is 0 Å². The zero-order valence-electron chi connectivity index (χ0n) is 10.5. The third-order valence-electron chi connectivity index (χ3n) is 2.74. The van der Waals surface area contributed by atoms with Gasteiger partial charge in [-0.15, -0.1) is 0 Å². The summed E-state index contributed by atoms with van der Waals surface area (Å²) in [7, 11) is -1.95. The Balaban J connectivity index is 2.33. The fourth-order valence-electron chi connectivity index (χ4n) is 1.81. The number of carbonyl (C=O) groups excluding carboxylic acids is 1. The number of hydrogen-bond acceptors (Lipinski definition) is 1. The van der Waals surface area contributed by atoms with E-state index in [1.807, 2.05) is 0 Å². The van der Waals surface area contributed by atoms with Crippen molar-refractivity contribution in [3.05, 3.63) is 66.2 Å². The van der Waals surface area contributed by atoms with Gasteiger partial charge in [-0.2, -0.15) is 13.2 Å². The predicted octanol–water partition coefficient (Wildman–Crippen LogP) is 4.08. The van der Waals surface area contributed by atoms with Gasteiger partial charge in [0, 0.05) is 14.1 Å². The summed E-state index contributed by atoms with van der Waals surface area (Å²) in [5.41, 5.74) is -0.900. The van der Waals surface area contributed by atoms with Crippen LogP contribution in [0.15, 0.2) is 60.7 Å². The minimum Gasteiger partial charge on any atom is -0.284 e. The van der Waals surface area contributed by atoms with Crippen LogP contribution in [0, 0.1) is 0 Å². The third-order valence-corrected chi connectivity index (χ3v) is 5.09. The van der Waals surface area contributed by atoms with Gasteiger partial charge < -0.3 is 0 Å². The smallest absolute Gasteiger partial charge is 0.284 e. The number of halogens is 3. The molecular formula is C15H12F3OP. The zero-order chi connectivity index (χ0) is 14.6. The van der Waals surface area contributed by atoms with E-state index in [0.717, 1.165) is 5.56 Å². The first-order valence-electron chi connectivity index (χ1n) is 5.96. The van der Waals surface area contributed by atoms with Crippen LogP contribution >= 0.6 is 7.92 Å². The minimum absolute atomic E-state index is 0.110. The number of carbonyl (C=O) groups is 1. The molecule has 0 aromatic heterocycles. The fraction of sp³-hybridized carbons (Fsp3) is 0.133. The molecule has 0 bridgehead atoms. The summed E-state index contributed by atoms with van der Waals surface area (Å²) < 4.78 is 38.3. The van der Waals surface area contributed by atoms with Gasteiger partial charge in [0.05, 0.1) is 0 Å². The molecule has 0 aliphatic carbocycles. The first kappa shape index (κ1) is 14.7. The van der Waals surface area contributed by atoms with Crippen molar-refractivity contribution in [2.24, 2.45) is 0 Å². The molecule has 0 N–H and O–H groups in total. The highest BCUT2D eigenvalue weighted by Crippen LogP contribution is 2.45. The summed E-state index contributed by atoms with van der Waals surface area (Å²) in [5.74, 6) is 0. The molecule has 2 rings (SSSR count). The SMILES string of the molecule is O=C(P(Cc1ccccc1)c1ccccc1)C(F)(F)F. The monoisotopic (exact) mass is 296 g/mol. The largest absolute Gasteiger partial charge is 0.454 e. The van der Waals surface area contributed by atoms with E-state index in [0.29, 0.717) is 5.30 Å². The highest BCUT2D eigenvalue weighted by Gasteiger charge is 2.43. The van der Waals surface area contributed by atoms with Crippen LogP contribution in [0.1, 0.15) is 5.56 Å². The van der Waals surface area contributed by atoms with E-state index < -0.39 is 19.6 Å². The average Bonchev–Trinajstić information content (AvgIpc) is 2.45. The van der Waals surface area contributed by atoms with Crippen LogP contribution in [-0.2, 0) is 11.0 Å². The van der Waals surface area contributed by atoms with Crippen LogP contribution < -0.4 is 5.30 Å². The van der Waals surface area contributed by atoms with Crippen LogP contribution in [0.2, 0.25) is 0 Å². The van der Waals surface area contributed by atoms with Crippen molar-refractivity contribution >= 4 is 18.8 Å². The Morgan fingerprint density at radius 3 is 1.90 bits per heavy atom. The second-order valence-corrected chi connectivity index (χ2v) is 6.31. The Morgan fingerprint density at radius 2 is 1.40 bits per heavy atom. The molecule has 2 aromatic rings. The number of benzene rings is 2. The van der Waals surface area contributed by atoms with Gasteiger partial charge in [-0.1, -0.05) is 60.7 Å². The lowest BCUT2D eigenvalue weighted by Crippen LogP contribution is -2.25. The average molecular weight is 296 g/mol. The molecule has 0 spiro atoms. The summed E-state index contributed by atoms with van der Waals surface area (Å²) in [6, 6.07) is 17.0. The van der Waals surface area contributed by atoms with Gasteiger partial charge in [0.15, 0.2) is 0 Å². The maximum absolute atomic E-state index is 12.8. The maximum Gasteiger partial charge on any atom is 0.454 e. The van der Waals surface area contributed by atoms with Crippen LogP contribution in [0.4, 0.5) is 13.2 Å². The van der Waals surface area contributed by atoms with Crippen LogP contribution in [0.5, 0.6) is 0 Å². The Kier molecular flexibility index (Phi) is 4.56. The van der Waals surface area contributed by atoms with Crippen LogP contribution in [0.25, 0.3) is 0 Å². The zero-order valence-corrected chi connectivity index (χ0v) is 11.4. The van der Waals surface area contributed by atoms with E-state index in [4.69, 9.17) is 0 Å². The molecule has 1 atom stereocenters. The third kappa shape index (κ3) is 3.67. The normalized spacial score (nSPS) is 12.9. The molecule has 0 heterocycles. The quantitative estimate of drug-likeness (QED) is 0.777. The van der Waals surface area contributed by atoms with Crippen molar-refractivity contribution < 1.29 is 18.0 Å². The number of alkyl halides is 3. The highest BCUT2D eigenvalue weighted by atomic mass is 31.1. The van der Waals surface area contributed by atoms with Gasteiger partial charge in [-0.3, -0.25) is 4.79 Å². The molecule has 0 aliphatic rings. The van der Waals surface area contributed by atoms with Gasteiger partial charge in [0.1, 0.15) is 0 Å². The Hall–Kier alpha value is -1.67. The Bertz CT molecular complexity index is 567. The number of rotatable bonds is 4. The first-order chi connectivity index (χ1) is 9.48. The molecule has 0 aliphatic heterocycles. The topological polar surface area (TPSA) is 17.1 Å². The van der Waals surface area contributed by atoms with Crippen molar-refractivity contribution in [1.82, 2.24) is 0 Å². The molecule has 2 aromatic carbocycles. The van der Waals surface area contributed by atoms with Crippen LogP contribution in [0.3, 0.4) is 0 Å². The van der Waals surface area contributed by atoms with Gasteiger partial charge in [0.25, 0.3) is 5.52 Å². The number of hydrogen-bond donors (Lipinski definition) is 0. The molecule has 1 unspecified atom stereocenters. The molecule has 1 nitrogen and oxygen atoms in total. The molecule has 20 heavy (non-hydrogen) atoms. The standard InChI is InChI=1S/C15H12F3OP/c16-15(17,18)14(19)20(13-9-5-2-6-10-13)11-12-7-3-1-4-8-12/h1-10H,11H2. The Morgan fingerprint density at radius 1 is 0.900 bits per heavy atom. The van der Waals surface area contributed by atoms with Crippen molar-refractivity contribution in [2.45, 2.75) is 12.3 Å². The summed E-state index contributed by atoms with van der Waals surface area (Å²) in [4.78, 5) is 11.7. The van der Waals surface area contributed by atoms with E-state index in [2.05, 4.69) is 0 Å². The van der Waals surface area contributed by atoms with E-state index in [-0.39, 0.29) is 6.16 Å². The lowest BCUT2D eigenvalue weighted by Gasteiger charge is -2.18. The molecule has 0 amide bonds. The lowest BCUT2D eigenvalue weighted by molar-refractivity contribution is -0.161. The molecular weight excluding hydrogens is 284 g/mol. The molecule has 0 fully saturated rings. The van der Waals surface area contributed by atoms with E-state index in [1.165, 1.54) is 0 Å². The fourth-order valence-corrected chi connectivity index (χ4v) is 3.78. The van der Waals surface area contributed by atoms with Gasteiger partial charge in [-0.25, -0.2) is 0 Å². The summed E-state index contributed by atoms with van der Waals surface area (Å²) >= 11 is 0. The lowest BCUT2D eigenvalue weighted by atomic mass is 10.2. The molecule has 0 saturated carbocycles. The van der Waals surface area contributed by atoms with Gasteiger partial charge in [0.2, 0.25) is 0 Å². The second kappa shape index (κ2) is 6.19. The molecule has 5 heteroatoms. The second-order valence-electron chi connectivity index (χ2n) is 4.21. The summed E-state index contributed by atoms with van der Waals surface area (Å²) in [6.45, 7) is 0. The van der Waals surface area contributed by atoms with Gasteiger partial charge in [-0.05, 0) is 10.9 Å². The summed E-state index contributed by atoms with van der Waals surface area (Å²) in [6.07, 6.45) is -4.69. The molecule has 0 saturated heterocycles. The van der Waals surface area contributed by atoms with E-state index >= 15 is 0 Å². The molecule has 104 valence electrons. The maximum atomic E-state index is 12.8. The summed E-state index contributed by atoms with van der Waals surface area (Å²) in [5, 5.41) is 0.452. The van der Waals surface area contributed by atoms with Gasteiger partial charge >= 0.3 is 6.18 Å². The Labute approximate surface area is 116 Å². The van der Waals surface area contributed by atoms with Crippen LogP contribution in [-0.4, -0.2) is 11.7 Å². The van der Waals surface area contributed by atoms with Crippen molar-refractivity contribution in [3.8, 4) is 0 Å². The highest BCUT2D eigenvalue weighted by molar-refractivity contribution is 7.81. The van der Waals surface area contributed by atoms with E-state index in [9.17, 15) is 18.0 Å². The molecule has 0 radical (unpaired) electrons. The van der Waals surface area contributed by atoms with Crippen molar-refractivity contribution in [2.75, 3.05) is 0 Å². The van der Waals surface area contributed by atoms with E-state index in [1.54, 1.807) is 60.7 Å². The first-order valence-corrected chi connectivity index (χ1v) is 7.49. The van der Waals surface area contributed by atoms with Crippen molar-refractivity contribution in [1.29, 1.82) is 0 Å². The predicted molar refractivity (Wildman–Crippen MR) is 74.2 cm³/mol.